The van der Waals surface area contributed by atoms with Crippen LogP contribution in [0.4, 0.5) is 0 Å². The van der Waals surface area contributed by atoms with E-state index in [0.717, 1.165) is 89.2 Å². The normalized spacial score (nSPS) is 12.0. The molecule has 5 aromatic heterocycles. The molecular formula is C68H56N6. The minimum absolute atomic E-state index is 0.379. The summed E-state index contributed by atoms with van der Waals surface area (Å²) >= 11 is 0. The van der Waals surface area contributed by atoms with E-state index in [1.165, 1.54) is 60.7 Å². The van der Waals surface area contributed by atoms with Crippen LogP contribution in [0.3, 0.4) is 0 Å². The number of H-pyrrole nitrogens is 1. The lowest BCUT2D eigenvalue weighted by Gasteiger charge is -2.20. The molecule has 13 rings (SSSR count). The summed E-state index contributed by atoms with van der Waals surface area (Å²) in [7, 11) is 0. The van der Waals surface area contributed by atoms with Crippen molar-refractivity contribution in [2.24, 2.45) is 0 Å². The summed E-state index contributed by atoms with van der Waals surface area (Å²) < 4.78 is 4.73. The topological polar surface area (TPSA) is 64.3 Å². The molecule has 0 spiro atoms. The van der Waals surface area contributed by atoms with E-state index < -0.39 is 0 Å². The van der Waals surface area contributed by atoms with Crippen molar-refractivity contribution in [2.45, 2.75) is 60.3 Å². The van der Waals surface area contributed by atoms with Crippen molar-refractivity contribution < 1.29 is 0 Å². The van der Waals surface area contributed by atoms with Gasteiger partial charge in [-0.3, -0.25) is 14.1 Å². The molecule has 0 aliphatic carbocycles. The lowest BCUT2D eigenvalue weighted by molar-refractivity contribution is 0.838. The first-order valence-electron chi connectivity index (χ1n) is 25.9. The van der Waals surface area contributed by atoms with Gasteiger partial charge >= 0.3 is 0 Å². The number of nitrogens with zero attached hydrogens (tertiary/aromatic N) is 5. The minimum Gasteiger partial charge on any atom is -0.354 e. The number of benzene rings is 8. The second kappa shape index (κ2) is 17.7. The highest BCUT2D eigenvalue weighted by Gasteiger charge is 2.25. The summed E-state index contributed by atoms with van der Waals surface area (Å²) in [6.45, 7) is 15.9. The Bertz CT molecular complexity index is 4290. The van der Waals surface area contributed by atoms with Gasteiger partial charge in [-0.05, 0) is 167 Å². The van der Waals surface area contributed by atoms with Crippen molar-refractivity contribution in [3.8, 4) is 67.4 Å². The molecule has 358 valence electrons. The van der Waals surface area contributed by atoms with Crippen LogP contribution in [-0.2, 0) is 0 Å². The maximum absolute atomic E-state index is 5.87. The van der Waals surface area contributed by atoms with Gasteiger partial charge in [-0.1, -0.05) is 136 Å². The van der Waals surface area contributed by atoms with Crippen LogP contribution in [0.25, 0.3) is 122 Å². The molecule has 0 saturated heterocycles. The first-order valence-corrected chi connectivity index (χ1v) is 25.9. The van der Waals surface area contributed by atoms with E-state index in [0.29, 0.717) is 11.8 Å². The maximum atomic E-state index is 5.87. The van der Waals surface area contributed by atoms with Gasteiger partial charge < -0.3 is 4.98 Å². The molecule has 8 aromatic carbocycles. The lowest BCUT2D eigenvalue weighted by atomic mass is 9.85. The third kappa shape index (κ3) is 7.35. The van der Waals surface area contributed by atoms with E-state index in [1.54, 1.807) is 0 Å². The van der Waals surface area contributed by atoms with Gasteiger partial charge in [-0.25, -0.2) is 9.97 Å². The van der Waals surface area contributed by atoms with Crippen LogP contribution in [0.2, 0.25) is 0 Å². The zero-order chi connectivity index (χ0) is 50.4. The fourth-order valence-corrected chi connectivity index (χ4v) is 12.0. The summed E-state index contributed by atoms with van der Waals surface area (Å²) in [6.07, 6.45) is 5.60. The minimum atomic E-state index is 0.379. The predicted molar refractivity (Wildman–Crippen MR) is 310 cm³/mol. The van der Waals surface area contributed by atoms with Crippen molar-refractivity contribution in [3.63, 3.8) is 0 Å². The molecule has 6 heteroatoms. The van der Waals surface area contributed by atoms with E-state index in [-0.39, 0.29) is 0 Å². The van der Waals surface area contributed by atoms with Crippen LogP contribution in [0, 0.1) is 20.8 Å². The molecule has 0 atom stereocenters. The van der Waals surface area contributed by atoms with Gasteiger partial charge in [0.1, 0.15) is 11.6 Å². The van der Waals surface area contributed by atoms with Gasteiger partial charge in [0.05, 0.1) is 27.6 Å². The van der Waals surface area contributed by atoms with Gasteiger partial charge in [0, 0.05) is 62.5 Å². The van der Waals surface area contributed by atoms with Crippen LogP contribution < -0.4 is 0 Å². The molecule has 0 bridgehead atoms. The first kappa shape index (κ1) is 45.0. The number of nitrogens with one attached hydrogen (secondary N) is 1. The Morgan fingerprint density at radius 3 is 1.85 bits per heavy atom. The van der Waals surface area contributed by atoms with E-state index >= 15 is 0 Å². The van der Waals surface area contributed by atoms with Crippen LogP contribution in [-0.4, -0.2) is 29.1 Å². The molecule has 0 fully saturated rings. The highest BCUT2D eigenvalue weighted by atomic mass is 15.1. The first-order chi connectivity index (χ1) is 36.1. The second-order valence-electron chi connectivity index (χ2n) is 20.7. The molecule has 13 aromatic rings. The van der Waals surface area contributed by atoms with E-state index in [1.807, 2.05) is 30.7 Å². The average Bonchev–Trinajstić information content (AvgIpc) is 4.10. The monoisotopic (exact) mass is 956 g/mol. The molecular weight excluding hydrogens is 901 g/mol. The molecule has 0 amide bonds. The van der Waals surface area contributed by atoms with Crippen molar-refractivity contribution in [2.75, 3.05) is 0 Å². The SMILES string of the molecule is Cc1cc(C)c(-c2cc(-c3ccc4c5ccccc5n(-c5cc(-c6ccncc6)ccn5)c4c3)c3nc(-c4cccc5c4[nH]c4ccccc45)n(-c4ccc(-c5c(C(C)C)cccc5C(C)C)cc4)c3c2)c(C)c1. The summed E-state index contributed by atoms with van der Waals surface area (Å²) in [5.74, 6) is 2.48. The molecule has 74 heavy (non-hydrogen) atoms. The average molecular weight is 957 g/mol. The Labute approximate surface area is 431 Å². The zero-order valence-electron chi connectivity index (χ0n) is 42.9. The quantitative estimate of drug-likeness (QED) is 0.157. The fraction of sp³-hybridized carbons (Fsp3) is 0.132. The van der Waals surface area contributed by atoms with Crippen LogP contribution in [0.1, 0.15) is 67.3 Å². The van der Waals surface area contributed by atoms with Gasteiger partial charge in [-0.2, -0.15) is 0 Å². The molecule has 1 N–H and O–H groups in total. The molecule has 6 nitrogen and oxygen atoms in total. The van der Waals surface area contributed by atoms with Crippen LogP contribution in [0.5, 0.6) is 0 Å². The van der Waals surface area contributed by atoms with Crippen molar-refractivity contribution in [1.29, 1.82) is 0 Å². The summed E-state index contributed by atoms with van der Waals surface area (Å²) in [5.41, 5.74) is 24.1. The van der Waals surface area contributed by atoms with Crippen LogP contribution in [0.15, 0.2) is 195 Å². The molecule has 0 radical (unpaired) electrons. The maximum Gasteiger partial charge on any atom is 0.147 e. The Hall–Kier alpha value is -8.87. The number of aryl methyl sites for hydroxylation is 3. The number of imidazole rings is 1. The van der Waals surface area contributed by atoms with Crippen molar-refractivity contribution >= 4 is 54.6 Å². The van der Waals surface area contributed by atoms with E-state index in [2.05, 4.69) is 231 Å². The largest absolute Gasteiger partial charge is 0.354 e. The Balaban J connectivity index is 1.11. The number of hydrogen-bond donors (Lipinski definition) is 1. The summed E-state index contributed by atoms with van der Waals surface area (Å²) in [6, 6.07) is 64.6. The van der Waals surface area contributed by atoms with Gasteiger partial charge in [0.15, 0.2) is 0 Å². The Morgan fingerprint density at radius 2 is 1.09 bits per heavy atom. The number of para-hydroxylation sites is 3. The summed E-state index contributed by atoms with van der Waals surface area (Å²) in [5, 5.41) is 4.70. The van der Waals surface area contributed by atoms with Gasteiger partial charge in [-0.15, -0.1) is 0 Å². The summed E-state index contributed by atoms with van der Waals surface area (Å²) in [4.78, 5) is 19.0. The number of aromatic nitrogens is 6. The van der Waals surface area contributed by atoms with Crippen molar-refractivity contribution in [1.82, 2.24) is 29.1 Å². The molecule has 0 aliphatic heterocycles. The predicted octanol–water partition coefficient (Wildman–Crippen LogP) is 18.1. The fourth-order valence-electron chi connectivity index (χ4n) is 12.0. The molecule has 0 aliphatic rings. The molecule has 0 saturated carbocycles. The molecule has 0 unspecified atom stereocenters. The van der Waals surface area contributed by atoms with Gasteiger partial charge in [0.2, 0.25) is 0 Å². The zero-order valence-corrected chi connectivity index (χ0v) is 42.9. The van der Waals surface area contributed by atoms with E-state index in [9.17, 15) is 0 Å². The number of aromatic amines is 1. The highest BCUT2D eigenvalue weighted by Crippen LogP contribution is 2.44. The third-order valence-corrected chi connectivity index (χ3v) is 15.3. The lowest BCUT2D eigenvalue weighted by Crippen LogP contribution is -2.01. The molecule has 5 heterocycles. The third-order valence-electron chi connectivity index (χ3n) is 15.3. The smallest absolute Gasteiger partial charge is 0.147 e. The van der Waals surface area contributed by atoms with Gasteiger partial charge in [0.25, 0.3) is 0 Å². The number of hydrogen-bond acceptors (Lipinski definition) is 3. The highest BCUT2D eigenvalue weighted by molar-refractivity contribution is 6.13. The Morgan fingerprint density at radius 1 is 0.446 bits per heavy atom. The number of rotatable bonds is 9. The number of pyridine rings is 2. The standard InChI is InChI=1S/C68H56N6/c1-40(2)51-16-12-17-52(41(3)4)65(51)46-22-25-50(26-23-46)73-62-38-49(64-43(6)34-42(5)35-44(64)7)36-58(67(62)72-68(73)57-19-13-18-56-53-14-8-10-20-59(53)71-66(56)57)48-24-27-55-54-15-9-11-21-60(54)74(61(55)37-48)63-39-47(30-33-70-63)45-28-31-69-32-29-45/h8-41,71H,1-7H3. The van der Waals surface area contributed by atoms with Crippen molar-refractivity contribution in [3.05, 3.63) is 222 Å². The second-order valence-corrected chi connectivity index (χ2v) is 20.7. The Kier molecular flexibility index (Phi) is 10.8. The van der Waals surface area contributed by atoms with E-state index in [4.69, 9.17) is 9.97 Å². The number of fused-ring (bicyclic) bond motifs is 7. The van der Waals surface area contributed by atoms with Crippen LogP contribution >= 0.6 is 0 Å².